The van der Waals surface area contributed by atoms with Gasteiger partial charge in [-0.3, -0.25) is 9.78 Å². The van der Waals surface area contributed by atoms with E-state index in [1.54, 1.807) is 36.7 Å². The Kier molecular flexibility index (Phi) is 4.21. The van der Waals surface area contributed by atoms with E-state index in [4.69, 9.17) is 5.73 Å². The van der Waals surface area contributed by atoms with Crippen LogP contribution in [-0.4, -0.2) is 22.4 Å². The third-order valence-corrected chi connectivity index (χ3v) is 2.30. The molecule has 0 fully saturated rings. The molecule has 2 aromatic heterocycles. The number of nitrogens with zero attached hydrogens (tertiary/aromatic N) is 2. The van der Waals surface area contributed by atoms with Crippen LogP contribution >= 0.6 is 0 Å². The summed E-state index contributed by atoms with van der Waals surface area (Å²) in [4.78, 5) is 20.1. The Morgan fingerprint density at radius 3 is 2.95 bits per heavy atom. The standard InChI is InChI=1S/C14H12N4O/c15-7-3-4-11-10-16-9-6-12(11)14(19)18-13-5-1-2-8-17-13/h1-2,5-6,8-10H,7,15H2,(H,17,18,19). The molecule has 0 aliphatic rings. The molecule has 5 nitrogen and oxygen atoms in total. The molecule has 0 bridgehead atoms. The van der Waals surface area contributed by atoms with Crippen molar-refractivity contribution in [1.29, 1.82) is 0 Å². The third-order valence-electron chi connectivity index (χ3n) is 2.30. The van der Waals surface area contributed by atoms with Gasteiger partial charge in [-0.1, -0.05) is 17.9 Å². The number of amides is 1. The molecule has 0 saturated carbocycles. The van der Waals surface area contributed by atoms with Gasteiger partial charge in [0.25, 0.3) is 5.91 Å². The van der Waals surface area contributed by atoms with Crippen molar-refractivity contribution in [1.82, 2.24) is 9.97 Å². The van der Waals surface area contributed by atoms with Gasteiger partial charge in [-0.15, -0.1) is 0 Å². The van der Waals surface area contributed by atoms with E-state index in [1.165, 1.54) is 6.20 Å². The first kappa shape index (κ1) is 12.7. The second-order valence-corrected chi connectivity index (χ2v) is 3.60. The SMILES string of the molecule is NCC#Cc1cnccc1C(=O)Nc1ccccn1. The van der Waals surface area contributed by atoms with Crippen LogP contribution in [0.5, 0.6) is 0 Å². The van der Waals surface area contributed by atoms with Crippen LogP contribution in [0.1, 0.15) is 15.9 Å². The van der Waals surface area contributed by atoms with Gasteiger partial charge in [0.1, 0.15) is 5.82 Å². The summed E-state index contributed by atoms with van der Waals surface area (Å²) >= 11 is 0. The van der Waals surface area contributed by atoms with E-state index >= 15 is 0 Å². The molecule has 19 heavy (non-hydrogen) atoms. The van der Waals surface area contributed by atoms with Crippen molar-refractivity contribution in [3.8, 4) is 11.8 Å². The molecule has 0 aliphatic carbocycles. The van der Waals surface area contributed by atoms with Gasteiger partial charge in [-0.25, -0.2) is 4.98 Å². The lowest BCUT2D eigenvalue weighted by molar-refractivity contribution is 0.102. The molecule has 94 valence electrons. The Morgan fingerprint density at radius 2 is 2.21 bits per heavy atom. The molecule has 2 rings (SSSR count). The summed E-state index contributed by atoms with van der Waals surface area (Å²) in [5, 5.41) is 2.70. The monoisotopic (exact) mass is 252 g/mol. The fraction of sp³-hybridized carbons (Fsp3) is 0.0714. The normalized spacial score (nSPS) is 9.32. The second-order valence-electron chi connectivity index (χ2n) is 3.60. The Labute approximate surface area is 110 Å². The van der Waals surface area contributed by atoms with E-state index < -0.39 is 0 Å². The lowest BCUT2D eigenvalue weighted by Gasteiger charge is -2.05. The molecular weight excluding hydrogens is 240 g/mol. The highest BCUT2D eigenvalue weighted by molar-refractivity contribution is 6.05. The van der Waals surface area contributed by atoms with Gasteiger partial charge >= 0.3 is 0 Å². The predicted octanol–water partition coefficient (Wildman–Crippen LogP) is 1.04. The highest BCUT2D eigenvalue weighted by Crippen LogP contribution is 2.09. The number of anilines is 1. The van der Waals surface area contributed by atoms with Crippen LogP contribution in [-0.2, 0) is 0 Å². The summed E-state index contributed by atoms with van der Waals surface area (Å²) in [7, 11) is 0. The quantitative estimate of drug-likeness (QED) is 0.782. The van der Waals surface area contributed by atoms with E-state index in [-0.39, 0.29) is 12.5 Å². The first-order valence-electron chi connectivity index (χ1n) is 5.66. The largest absolute Gasteiger partial charge is 0.320 e. The van der Waals surface area contributed by atoms with E-state index in [9.17, 15) is 4.79 Å². The van der Waals surface area contributed by atoms with Gasteiger partial charge in [-0.2, -0.15) is 0 Å². The number of nitrogens with two attached hydrogens (primary N) is 1. The van der Waals surface area contributed by atoms with Crippen molar-refractivity contribution in [3.63, 3.8) is 0 Å². The summed E-state index contributed by atoms with van der Waals surface area (Å²) in [6, 6.07) is 6.90. The Morgan fingerprint density at radius 1 is 1.32 bits per heavy atom. The average Bonchev–Trinajstić information content (AvgIpc) is 2.46. The molecule has 0 aliphatic heterocycles. The minimum absolute atomic E-state index is 0.232. The van der Waals surface area contributed by atoms with Crippen LogP contribution in [0.15, 0.2) is 42.9 Å². The number of hydrogen-bond donors (Lipinski definition) is 2. The zero-order chi connectivity index (χ0) is 13.5. The Bertz CT molecular complexity index is 629. The van der Waals surface area contributed by atoms with Crippen molar-refractivity contribution in [2.24, 2.45) is 5.73 Å². The molecule has 5 heteroatoms. The maximum Gasteiger partial charge on any atom is 0.258 e. The smallest absolute Gasteiger partial charge is 0.258 e. The maximum absolute atomic E-state index is 12.1. The molecule has 0 radical (unpaired) electrons. The van der Waals surface area contributed by atoms with Gasteiger partial charge < -0.3 is 11.1 Å². The van der Waals surface area contributed by atoms with Crippen LogP contribution in [0.4, 0.5) is 5.82 Å². The summed E-state index contributed by atoms with van der Waals surface area (Å²) < 4.78 is 0. The Hall–Kier alpha value is -2.71. The first-order valence-corrected chi connectivity index (χ1v) is 5.66. The maximum atomic E-state index is 12.1. The molecule has 1 amide bonds. The van der Waals surface area contributed by atoms with Gasteiger partial charge in [0, 0.05) is 18.6 Å². The average molecular weight is 252 g/mol. The molecule has 0 saturated heterocycles. The van der Waals surface area contributed by atoms with Crippen molar-refractivity contribution in [2.45, 2.75) is 0 Å². The molecule has 2 heterocycles. The van der Waals surface area contributed by atoms with Crippen LogP contribution in [0, 0.1) is 11.8 Å². The summed E-state index contributed by atoms with van der Waals surface area (Å²) in [5.74, 6) is 5.74. The zero-order valence-electron chi connectivity index (χ0n) is 10.1. The second kappa shape index (κ2) is 6.28. The van der Waals surface area contributed by atoms with Crippen LogP contribution < -0.4 is 11.1 Å². The third kappa shape index (κ3) is 3.37. The van der Waals surface area contributed by atoms with Gasteiger partial charge in [0.05, 0.1) is 17.7 Å². The van der Waals surface area contributed by atoms with Crippen molar-refractivity contribution >= 4 is 11.7 Å². The highest BCUT2D eigenvalue weighted by atomic mass is 16.1. The summed E-state index contributed by atoms with van der Waals surface area (Å²) in [6.07, 6.45) is 4.69. The topological polar surface area (TPSA) is 80.9 Å². The number of pyridine rings is 2. The van der Waals surface area contributed by atoms with Crippen LogP contribution in [0.3, 0.4) is 0 Å². The van der Waals surface area contributed by atoms with E-state index in [0.717, 1.165) is 0 Å². The minimum atomic E-state index is -0.276. The van der Waals surface area contributed by atoms with E-state index in [0.29, 0.717) is 16.9 Å². The van der Waals surface area contributed by atoms with Gasteiger partial charge in [0.2, 0.25) is 0 Å². The lowest BCUT2D eigenvalue weighted by atomic mass is 10.1. The molecule has 2 aromatic rings. The molecule has 0 spiro atoms. The van der Waals surface area contributed by atoms with Crippen molar-refractivity contribution in [2.75, 3.05) is 11.9 Å². The number of rotatable bonds is 2. The first-order chi connectivity index (χ1) is 9.31. The fourth-order valence-electron chi connectivity index (χ4n) is 1.46. The molecule has 0 aromatic carbocycles. The Balaban J connectivity index is 2.24. The zero-order valence-corrected chi connectivity index (χ0v) is 10.1. The molecule has 3 N–H and O–H groups in total. The molecule has 0 unspecified atom stereocenters. The minimum Gasteiger partial charge on any atom is -0.320 e. The fourth-order valence-corrected chi connectivity index (χ4v) is 1.46. The van der Waals surface area contributed by atoms with Crippen molar-refractivity contribution in [3.05, 3.63) is 54.0 Å². The van der Waals surface area contributed by atoms with Gasteiger partial charge in [-0.05, 0) is 18.2 Å². The number of aromatic nitrogens is 2. The molecular formula is C14H12N4O. The predicted molar refractivity (Wildman–Crippen MR) is 72.4 cm³/mol. The van der Waals surface area contributed by atoms with E-state index in [1.807, 2.05) is 0 Å². The van der Waals surface area contributed by atoms with E-state index in [2.05, 4.69) is 27.1 Å². The summed E-state index contributed by atoms with van der Waals surface area (Å²) in [5.41, 5.74) is 6.31. The lowest BCUT2D eigenvalue weighted by Crippen LogP contribution is -2.14. The number of carbonyl (C=O) groups excluding carboxylic acids is 1. The van der Waals surface area contributed by atoms with Crippen molar-refractivity contribution < 1.29 is 4.79 Å². The van der Waals surface area contributed by atoms with Crippen LogP contribution in [0.25, 0.3) is 0 Å². The van der Waals surface area contributed by atoms with Crippen LogP contribution in [0.2, 0.25) is 0 Å². The number of hydrogen-bond acceptors (Lipinski definition) is 4. The number of nitrogens with one attached hydrogen (secondary N) is 1. The number of carbonyl (C=O) groups is 1. The van der Waals surface area contributed by atoms with Gasteiger partial charge in [0.15, 0.2) is 0 Å². The summed E-state index contributed by atoms with van der Waals surface area (Å²) in [6.45, 7) is 0.232. The highest BCUT2D eigenvalue weighted by Gasteiger charge is 2.10. The molecule has 0 atom stereocenters.